The van der Waals surface area contributed by atoms with E-state index >= 15 is 0 Å². The van der Waals surface area contributed by atoms with E-state index in [1.807, 2.05) is 25.1 Å². The SMILES string of the molecule is Cc1[nH]c2cc(Br)ccc2c1C(N)CO. The molecule has 15 heavy (non-hydrogen) atoms. The minimum absolute atomic E-state index is 0.0378. The number of benzene rings is 1. The number of H-pyrrole nitrogens is 1. The van der Waals surface area contributed by atoms with Gasteiger partial charge < -0.3 is 15.8 Å². The largest absolute Gasteiger partial charge is 0.394 e. The van der Waals surface area contributed by atoms with Crippen molar-refractivity contribution in [2.24, 2.45) is 5.73 Å². The Balaban J connectivity index is 2.68. The Morgan fingerprint density at radius 3 is 2.93 bits per heavy atom. The van der Waals surface area contributed by atoms with Crippen molar-refractivity contribution in [3.63, 3.8) is 0 Å². The number of hydrogen-bond acceptors (Lipinski definition) is 2. The molecule has 1 unspecified atom stereocenters. The Labute approximate surface area is 96.4 Å². The highest BCUT2D eigenvalue weighted by Crippen LogP contribution is 2.28. The van der Waals surface area contributed by atoms with Crippen LogP contribution in [0.4, 0.5) is 0 Å². The highest BCUT2D eigenvalue weighted by molar-refractivity contribution is 9.10. The Morgan fingerprint density at radius 1 is 1.53 bits per heavy atom. The molecule has 1 aromatic carbocycles. The summed E-state index contributed by atoms with van der Waals surface area (Å²) in [6.45, 7) is 1.93. The lowest BCUT2D eigenvalue weighted by Crippen LogP contribution is -2.15. The third-order valence-corrected chi connectivity index (χ3v) is 3.06. The van der Waals surface area contributed by atoms with Crippen LogP contribution < -0.4 is 5.73 Å². The topological polar surface area (TPSA) is 62.0 Å². The van der Waals surface area contributed by atoms with Gasteiger partial charge in [-0.05, 0) is 24.6 Å². The number of fused-ring (bicyclic) bond motifs is 1. The third kappa shape index (κ3) is 1.80. The average molecular weight is 269 g/mol. The minimum atomic E-state index is -0.320. The van der Waals surface area contributed by atoms with Crippen molar-refractivity contribution >= 4 is 26.8 Å². The first-order valence-electron chi connectivity index (χ1n) is 4.77. The zero-order chi connectivity index (χ0) is 11.0. The molecule has 2 rings (SSSR count). The smallest absolute Gasteiger partial charge is 0.0625 e. The van der Waals surface area contributed by atoms with E-state index in [9.17, 15) is 0 Å². The van der Waals surface area contributed by atoms with Crippen LogP contribution in [0.25, 0.3) is 10.9 Å². The van der Waals surface area contributed by atoms with Crippen LogP contribution in [-0.2, 0) is 0 Å². The lowest BCUT2D eigenvalue weighted by molar-refractivity contribution is 0.268. The number of halogens is 1. The van der Waals surface area contributed by atoms with Crippen LogP contribution in [0, 0.1) is 6.92 Å². The van der Waals surface area contributed by atoms with E-state index in [0.717, 1.165) is 26.6 Å². The molecular weight excluding hydrogens is 256 g/mol. The van der Waals surface area contributed by atoms with E-state index in [2.05, 4.69) is 20.9 Å². The minimum Gasteiger partial charge on any atom is -0.394 e. The van der Waals surface area contributed by atoms with E-state index in [4.69, 9.17) is 10.8 Å². The molecule has 3 nitrogen and oxygen atoms in total. The van der Waals surface area contributed by atoms with Crippen LogP contribution in [0.5, 0.6) is 0 Å². The average Bonchev–Trinajstić information content (AvgIpc) is 2.52. The van der Waals surface area contributed by atoms with Crippen LogP contribution in [0.15, 0.2) is 22.7 Å². The first-order chi connectivity index (χ1) is 7.13. The van der Waals surface area contributed by atoms with Gasteiger partial charge in [0.1, 0.15) is 0 Å². The van der Waals surface area contributed by atoms with E-state index in [1.165, 1.54) is 0 Å². The van der Waals surface area contributed by atoms with Gasteiger partial charge in [0.2, 0.25) is 0 Å². The third-order valence-electron chi connectivity index (χ3n) is 2.57. The van der Waals surface area contributed by atoms with Gasteiger partial charge in [-0.15, -0.1) is 0 Å². The first kappa shape index (κ1) is 10.7. The quantitative estimate of drug-likeness (QED) is 0.782. The standard InChI is InChI=1S/C11H13BrN2O/c1-6-11(9(13)5-15)8-3-2-7(12)4-10(8)14-6/h2-4,9,14-15H,5,13H2,1H3. The predicted octanol–water partition coefficient (Wildman–Crippen LogP) is 2.23. The van der Waals surface area contributed by atoms with Crippen LogP contribution in [-0.4, -0.2) is 16.7 Å². The number of aliphatic hydroxyl groups is 1. The summed E-state index contributed by atoms with van der Waals surface area (Å²) in [4.78, 5) is 3.26. The molecule has 80 valence electrons. The summed E-state index contributed by atoms with van der Waals surface area (Å²) < 4.78 is 1.03. The molecule has 1 heterocycles. The number of rotatable bonds is 2. The maximum atomic E-state index is 9.10. The number of hydrogen-bond donors (Lipinski definition) is 3. The Bertz CT molecular complexity index is 493. The second-order valence-electron chi connectivity index (χ2n) is 3.64. The van der Waals surface area contributed by atoms with Crippen molar-refractivity contribution in [3.8, 4) is 0 Å². The van der Waals surface area contributed by atoms with Gasteiger partial charge in [-0.2, -0.15) is 0 Å². The summed E-state index contributed by atoms with van der Waals surface area (Å²) in [5, 5.41) is 10.2. The summed E-state index contributed by atoms with van der Waals surface area (Å²) in [5.74, 6) is 0. The number of aliphatic hydroxyl groups excluding tert-OH is 1. The monoisotopic (exact) mass is 268 g/mol. The molecule has 1 atom stereocenters. The van der Waals surface area contributed by atoms with Gasteiger partial charge in [-0.25, -0.2) is 0 Å². The number of nitrogens with one attached hydrogen (secondary N) is 1. The molecule has 0 saturated heterocycles. The Morgan fingerprint density at radius 2 is 2.27 bits per heavy atom. The molecule has 0 aliphatic rings. The second kappa shape index (κ2) is 3.96. The fourth-order valence-corrected chi connectivity index (χ4v) is 2.26. The van der Waals surface area contributed by atoms with E-state index in [1.54, 1.807) is 0 Å². The van der Waals surface area contributed by atoms with Gasteiger partial charge in [-0.3, -0.25) is 0 Å². The van der Waals surface area contributed by atoms with Crippen molar-refractivity contribution in [1.82, 2.24) is 4.98 Å². The highest BCUT2D eigenvalue weighted by Gasteiger charge is 2.14. The molecule has 0 fully saturated rings. The van der Waals surface area contributed by atoms with Gasteiger partial charge >= 0.3 is 0 Å². The zero-order valence-electron chi connectivity index (χ0n) is 8.42. The van der Waals surface area contributed by atoms with Crippen LogP contribution in [0.2, 0.25) is 0 Å². The lowest BCUT2D eigenvalue weighted by atomic mass is 10.0. The number of nitrogens with two attached hydrogens (primary N) is 1. The van der Waals surface area contributed by atoms with Gasteiger partial charge in [0, 0.05) is 21.1 Å². The van der Waals surface area contributed by atoms with E-state index in [0.29, 0.717) is 0 Å². The number of aromatic nitrogens is 1. The van der Waals surface area contributed by atoms with Crippen LogP contribution in [0.3, 0.4) is 0 Å². The molecule has 4 heteroatoms. The van der Waals surface area contributed by atoms with Crippen molar-refractivity contribution in [1.29, 1.82) is 0 Å². The molecule has 0 spiro atoms. The molecule has 0 aliphatic carbocycles. The van der Waals surface area contributed by atoms with Gasteiger partial charge in [0.15, 0.2) is 0 Å². The van der Waals surface area contributed by atoms with E-state index < -0.39 is 0 Å². The Hall–Kier alpha value is -0.840. The van der Waals surface area contributed by atoms with Crippen molar-refractivity contribution in [2.45, 2.75) is 13.0 Å². The normalized spacial score (nSPS) is 13.3. The lowest BCUT2D eigenvalue weighted by Gasteiger charge is -2.08. The van der Waals surface area contributed by atoms with Crippen molar-refractivity contribution < 1.29 is 5.11 Å². The summed E-state index contributed by atoms with van der Waals surface area (Å²) in [5.41, 5.74) is 8.92. The molecule has 1 aromatic heterocycles. The predicted molar refractivity (Wildman–Crippen MR) is 64.7 cm³/mol. The summed E-state index contributed by atoms with van der Waals surface area (Å²) in [6, 6.07) is 5.67. The summed E-state index contributed by atoms with van der Waals surface area (Å²) in [6.07, 6.45) is 0. The molecule has 0 amide bonds. The fourth-order valence-electron chi connectivity index (χ4n) is 1.90. The molecule has 0 bridgehead atoms. The molecular formula is C11H13BrN2O. The molecule has 4 N–H and O–H groups in total. The van der Waals surface area contributed by atoms with Crippen LogP contribution in [0.1, 0.15) is 17.3 Å². The molecule has 2 aromatic rings. The zero-order valence-corrected chi connectivity index (χ0v) is 10.0. The van der Waals surface area contributed by atoms with Crippen molar-refractivity contribution in [3.05, 3.63) is 33.9 Å². The first-order valence-corrected chi connectivity index (χ1v) is 5.57. The van der Waals surface area contributed by atoms with Gasteiger partial charge in [0.05, 0.1) is 12.6 Å². The fraction of sp³-hybridized carbons (Fsp3) is 0.273. The molecule has 0 saturated carbocycles. The van der Waals surface area contributed by atoms with Crippen LogP contribution >= 0.6 is 15.9 Å². The highest BCUT2D eigenvalue weighted by atomic mass is 79.9. The van der Waals surface area contributed by atoms with E-state index in [-0.39, 0.29) is 12.6 Å². The maximum Gasteiger partial charge on any atom is 0.0625 e. The summed E-state index contributed by atoms with van der Waals surface area (Å²) >= 11 is 3.42. The van der Waals surface area contributed by atoms with Gasteiger partial charge in [-0.1, -0.05) is 22.0 Å². The Kier molecular flexibility index (Phi) is 2.82. The summed E-state index contributed by atoms with van der Waals surface area (Å²) in [7, 11) is 0. The molecule has 0 aliphatic heterocycles. The van der Waals surface area contributed by atoms with Crippen molar-refractivity contribution in [2.75, 3.05) is 6.61 Å². The number of aromatic amines is 1. The second-order valence-corrected chi connectivity index (χ2v) is 4.56. The molecule has 0 radical (unpaired) electrons. The van der Waals surface area contributed by atoms with Gasteiger partial charge in [0.25, 0.3) is 0 Å². The maximum absolute atomic E-state index is 9.10. The number of aryl methyl sites for hydroxylation is 1.